The highest BCUT2D eigenvalue weighted by Gasteiger charge is 2.17. The maximum atomic E-state index is 11.6. The highest BCUT2D eigenvalue weighted by Crippen LogP contribution is 2.28. The van der Waals surface area contributed by atoms with Crippen molar-refractivity contribution in [1.82, 2.24) is 14.5 Å². The van der Waals surface area contributed by atoms with Crippen molar-refractivity contribution >= 4 is 17.1 Å². The minimum absolute atomic E-state index is 0.00427. The number of nitrogens with zero attached hydrogens (tertiary/aromatic N) is 3. The maximum Gasteiger partial charge on any atom is 0.335 e. The van der Waals surface area contributed by atoms with Crippen LogP contribution in [0.15, 0.2) is 60.8 Å². The lowest BCUT2D eigenvalue weighted by Gasteiger charge is -2.16. The third kappa shape index (κ3) is 4.08. The van der Waals surface area contributed by atoms with E-state index in [1.54, 1.807) is 12.1 Å². The number of fused-ring (bicyclic) bond motifs is 1. The number of aryl methyl sites for hydroxylation is 2. The van der Waals surface area contributed by atoms with Crippen LogP contribution in [0.4, 0.5) is 0 Å². The van der Waals surface area contributed by atoms with Gasteiger partial charge in [-0.3, -0.25) is 0 Å². The van der Waals surface area contributed by atoms with E-state index in [9.17, 15) is 9.90 Å². The van der Waals surface area contributed by atoms with E-state index in [0.29, 0.717) is 12.1 Å². The number of hydrogen-bond donors (Lipinski definition) is 1. The molecule has 0 saturated heterocycles. The molecule has 0 spiro atoms. The Bertz CT molecular complexity index is 1230. The summed E-state index contributed by atoms with van der Waals surface area (Å²) in [5, 5.41) is 9.51. The van der Waals surface area contributed by atoms with Crippen molar-refractivity contribution in [1.29, 1.82) is 0 Å². The fraction of sp³-hybridized carbons (Fsp3) is 0.269. The average molecular weight is 414 g/mol. The molecule has 0 fully saturated rings. The van der Waals surface area contributed by atoms with Crippen LogP contribution < -0.4 is 0 Å². The molecule has 0 aliphatic carbocycles. The highest BCUT2D eigenvalue weighted by atomic mass is 16.4. The van der Waals surface area contributed by atoms with E-state index in [1.807, 2.05) is 31.3 Å². The van der Waals surface area contributed by atoms with E-state index < -0.39 is 5.97 Å². The van der Waals surface area contributed by atoms with Gasteiger partial charge in [0.05, 0.1) is 12.1 Å². The van der Waals surface area contributed by atoms with E-state index in [2.05, 4.69) is 47.7 Å². The lowest BCUT2D eigenvalue weighted by Crippen LogP contribution is -2.07. The van der Waals surface area contributed by atoms with Gasteiger partial charge in [0.15, 0.2) is 5.65 Å². The Morgan fingerprint density at radius 1 is 1.10 bits per heavy atom. The van der Waals surface area contributed by atoms with Crippen molar-refractivity contribution in [3.63, 3.8) is 0 Å². The number of aromatic nitrogens is 3. The van der Waals surface area contributed by atoms with Crippen molar-refractivity contribution in [2.24, 2.45) is 0 Å². The van der Waals surface area contributed by atoms with Crippen molar-refractivity contribution in [2.45, 2.75) is 46.1 Å². The van der Waals surface area contributed by atoms with E-state index in [4.69, 9.17) is 4.98 Å². The molecule has 5 nitrogen and oxygen atoms in total. The number of benzene rings is 2. The first kappa shape index (κ1) is 20.8. The van der Waals surface area contributed by atoms with Crippen LogP contribution in [0.25, 0.3) is 11.2 Å². The number of aromatic carboxylic acids is 1. The van der Waals surface area contributed by atoms with Gasteiger partial charge in [0.1, 0.15) is 11.3 Å². The Labute approximate surface area is 182 Å². The first-order chi connectivity index (χ1) is 15.0. The minimum Gasteiger partial charge on any atom is -0.478 e. The van der Waals surface area contributed by atoms with Crippen LogP contribution in [0.3, 0.4) is 0 Å². The van der Waals surface area contributed by atoms with Gasteiger partial charge in [-0.05, 0) is 47.7 Å². The van der Waals surface area contributed by atoms with Gasteiger partial charge in [-0.2, -0.15) is 0 Å². The summed E-state index contributed by atoms with van der Waals surface area (Å²) in [6.07, 6.45) is 3.79. The summed E-state index contributed by atoms with van der Waals surface area (Å²) in [5.74, 6) is 0.167. The SMILES string of the molecule is CCCc1nc2c(C)ccnc2n1Cc1ccc(C(C)c2ccccc2C(=O)O)cc1. The number of rotatable bonds is 7. The number of hydrogen-bond acceptors (Lipinski definition) is 3. The molecule has 1 N–H and O–H groups in total. The number of pyridine rings is 1. The standard InChI is InChI=1S/C26H27N3O2/c1-4-7-23-28-24-17(2)14-15-27-25(24)29(23)16-19-10-12-20(13-11-19)18(3)21-8-5-6-9-22(21)26(30)31/h5-6,8-15,18H,4,7,16H2,1-3H3,(H,30,31). The van der Waals surface area contributed by atoms with Gasteiger partial charge in [0, 0.05) is 18.5 Å². The fourth-order valence-corrected chi connectivity index (χ4v) is 4.11. The van der Waals surface area contributed by atoms with Crippen molar-refractivity contribution < 1.29 is 9.90 Å². The lowest BCUT2D eigenvalue weighted by atomic mass is 9.89. The van der Waals surface area contributed by atoms with Crippen LogP contribution in [0.5, 0.6) is 0 Å². The van der Waals surface area contributed by atoms with Crippen molar-refractivity contribution in [3.8, 4) is 0 Å². The maximum absolute atomic E-state index is 11.6. The Morgan fingerprint density at radius 2 is 1.84 bits per heavy atom. The van der Waals surface area contributed by atoms with Crippen molar-refractivity contribution in [3.05, 3.63) is 94.4 Å². The van der Waals surface area contributed by atoms with E-state index >= 15 is 0 Å². The van der Waals surface area contributed by atoms with E-state index in [0.717, 1.165) is 46.5 Å². The molecule has 2 aromatic heterocycles. The third-order valence-electron chi connectivity index (χ3n) is 5.87. The minimum atomic E-state index is -0.891. The normalized spacial score (nSPS) is 12.2. The molecule has 5 heteroatoms. The summed E-state index contributed by atoms with van der Waals surface area (Å²) in [5.41, 5.74) is 6.49. The second kappa shape index (κ2) is 8.72. The molecule has 2 heterocycles. The predicted molar refractivity (Wildman–Crippen MR) is 123 cm³/mol. The number of carboxylic acid groups (broad SMARTS) is 1. The van der Waals surface area contributed by atoms with Gasteiger partial charge in [-0.15, -0.1) is 0 Å². The lowest BCUT2D eigenvalue weighted by molar-refractivity contribution is 0.0695. The Hall–Kier alpha value is -3.47. The van der Waals surface area contributed by atoms with Gasteiger partial charge in [-0.1, -0.05) is 56.3 Å². The molecular weight excluding hydrogens is 386 g/mol. The number of carboxylic acids is 1. The molecular formula is C26H27N3O2. The molecule has 0 aliphatic heterocycles. The molecule has 0 amide bonds. The average Bonchev–Trinajstić information content (AvgIpc) is 3.12. The topological polar surface area (TPSA) is 68.0 Å². The largest absolute Gasteiger partial charge is 0.478 e. The van der Waals surface area contributed by atoms with Crippen LogP contribution in [0, 0.1) is 6.92 Å². The molecule has 4 aromatic rings. The summed E-state index contributed by atoms with van der Waals surface area (Å²) in [7, 11) is 0. The van der Waals surface area contributed by atoms with Crippen LogP contribution >= 0.6 is 0 Å². The summed E-state index contributed by atoms with van der Waals surface area (Å²) in [6, 6.07) is 17.6. The molecule has 1 atom stereocenters. The molecule has 0 bridgehead atoms. The summed E-state index contributed by atoms with van der Waals surface area (Å²) >= 11 is 0. The van der Waals surface area contributed by atoms with Crippen LogP contribution in [-0.2, 0) is 13.0 Å². The van der Waals surface area contributed by atoms with E-state index in [1.165, 1.54) is 5.56 Å². The smallest absolute Gasteiger partial charge is 0.335 e. The second-order valence-corrected chi connectivity index (χ2v) is 8.02. The summed E-state index contributed by atoms with van der Waals surface area (Å²) in [4.78, 5) is 21.0. The molecule has 2 aromatic carbocycles. The number of carbonyl (C=O) groups is 1. The molecule has 0 aliphatic rings. The van der Waals surface area contributed by atoms with E-state index in [-0.39, 0.29) is 5.92 Å². The molecule has 1 unspecified atom stereocenters. The summed E-state index contributed by atoms with van der Waals surface area (Å²) in [6.45, 7) is 6.99. The third-order valence-corrected chi connectivity index (χ3v) is 5.87. The zero-order valence-corrected chi connectivity index (χ0v) is 18.2. The molecule has 0 saturated carbocycles. The monoisotopic (exact) mass is 413 g/mol. The van der Waals surface area contributed by atoms with Crippen LogP contribution in [-0.4, -0.2) is 25.6 Å². The Balaban J connectivity index is 1.64. The quantitative estimate of drug-likeness (QED) is 0.429. The first-order valence-electron chi connectivity index (χ1n) is 10.7. The van der Waals surface area contributed by atoms with Crippen LogP contribution in [0.1, 0.15) is 64.6 Å². The Kier molecular flexibility index (Phi) is 5.85. The zero-order chi connectivity index (χ0) is 22.0. The Morgan fingerprint density at radius 3 is 2.55 bits per heavy atom. The zero-order valence-electron chi connectivity index (χ0n) is 18.2. The molecule has 31 heavy (non-hydrogen) atoms. The fourth-order valence-electron chi connectivity index (χ4n) is 4.11. The highest BCUT2D eigenvalue weighted by molar-refractivity contribution is 5.89. The van der Waals surface area contributed by atoms with Gasteiger partial charge in [0.2, 0.25) is 0 Å². The summed E-state index contributed by atoms with van der Waals surface area (Å²) < 4.78 is 2.21. The molecule has 4 rings (SSSR count). The van der Waals surface area contributed by atoms with Crippen molar-refractivity contribution in [2.75, 3.05) is 0 Å². The first-order valence-corrected chi connectivity index (χ1v) is 10.7. The van der Waals surface area contributed by atoms with Gasteiger partial charge >= 0.3 is 5.97 Å². The second-order valence-electron chi connectivity index (χ2n) is 8.02. The number of imidazole rings is 1. The molecule has 158 valence electrons. The molecule has 0 radical (unpaired) electrons. The van der Waals surface area contributed by atoms with Crippen LogP contribution in [0.2, 0.25) is 0 Å². The van der Waals surface area contributed by atoms with Gasteiger partial charge in [0.25, 0.3) is 0 Å². The van der Waals surface area contributed by atoms with Gasteiger partial charge < -0.3 is 9.67 Å². The van der Waals surface area contributed by atoms with Gasteiger partial charge in [-0.25, -0.2) is 14.8 Å². The predicted octanol–water partition coefficient (Wildman–Crippen LogP) is 5.59.